The Morgan fingerprint density at radius 1 is 1.07 bits per heavy atom. The van der Waals surface area contributed by atoms with Crippen LogP contribution in [0.15, 0.2) is 61.3 Å². The van der Waals surface area contributed by atoms with Crippen molar-refractivity contribution in [3.8, 4) is 0 Å². The topological polar surface area (TPSA) is 92.1 Å². The zero-order valence-electron chi connectivity index (χ0n) is 16.6. The maximum absolute atomic E-state index is 12.6. The Hall–Kier alpha value is -3.68. The van der Waals surface area contributed by atoms with Gasteiger partial charge in [0.05, 0.1) is 18.2 Å². The molecule has 8 nitrogen and oxygen atoms in total. The van der Waals surface area contributed by atoms with Crippen LogP contribution >= 0.6 is 0 Å². The molecule has 154 valence electrons. The van der Waals surface area contributed by atoms with Crippen LogP contribution in [-0.2, 0) is 11.3 Å². The van der Waals surface area contributed by atoms with Crippen molar-refractivity contribution >= 4 is 29.0 Å². The van der Waals surface area contributed by atoms with E-state index in [2.05, 4.69) is 25.5 Å². The second kappa shape index (κ2) is 9.21. The summed E-state index contributed by atoms with van der Waals surface area (Å²) in [5, 5.41) is 5.64. The molecule has 2 aromatic heterocycles. The second-order valence-electron chi connectivity index (χ2n) is 7.23. The molecule has 0 atom stereocenters. The lowest BCUT2D eigenvalue weighted by Gasteiger charge is -2.17. The first-order valence-electron chi connectivity index (χ1n) is 10.1. The van der Waals surface area contributed by atoms with Gasteiger partial charge in [-0.05, 0) is 43.2 Å². The summed E-state index contributed by atoms with van der Waals surface area (Å²) in [4.78, 5) is 35.4. The van der Waals surface area contributed by atoms with Crippen LogP contribution in [0.2, 0.25) is 0 Å². The highest BCUT2D eigenvalue weighted by molar-refractivity contribution is 6.05. The van der Waals surface area contributed by atoms with Crippen molar-refractivity contribution in [2.45, 2.75) is 25.8 Å². The summed E-state index contributed by atoms with van der Waals surface area (Å²) in [5.41, 5.74) is 2.11. The van der Waals surface area contributed by atoms with E-state index < -0.39 is 0 Å². The van der Waals surface area contributed by atoms with Crippen LogP contribution in [0.5, 0.6) is 0 Å². The maximum atomic E-state index is 12.6. The molecule has 2 amide bonds. The average molecular weight is 404 g/mol. The predicted octanol–water partition coefficient (Wildman–Crippen LogP) is 3.16. The number of imidazole rings is 1. The number of aryl methyl sites for hydroxylation is 1. The van der Waals surface area contributed by atoms with E-state index in [9.17, 15) is 9.59 Å². The molecule has 2 N–H and O–H groups in total. The van der Waals surface area contributed by atoms with Crippen molar-refractivity contribution in [2.75, 3.05) is 28.6 Å². The van der Waals surface area contributed by atoms with E-state index in [1.807, 2.05) is 22.9 Å². The van der Waals surface area contributed by atoms with Crippen molar-refractivity contribution < 1.29 is 9.59 Å². The van der Waals surface area contributed by atoms with E-state index in [0.717, 1.165) is 18.8 Å². The van der Waals surface area contributed by atoms with Gasteiger partial charge in [0.1, 0.15) is 5.82 Å². The largest absolute Gasteiger partial charge is 0.370 e. The molecule has 0 saturated carbocycles. The molecule has 8 heteroatoms. The number of aromatic nitrogens is 3. The number of benzene rings is 1. The molecule has 1 fully saturated rings. The van der Waals surface area contributed by atoms with Crippen LogP contribution in [0, 0.1) is 0 Å². The minimum absolute atomic E-state index is 0.125. The highest BCUT2D eigenvalue weighted by atomic mass is 16.2. The first kappa shape index (κ1) is 19.6. The van der Waals surface area contributed by atoms with Crippen molar-refractivity contribution in [1.82, 2.24) is 14.5 Å². The molecule has 0 unspecified atom stereocenters. The highest BCUT2D eigenvalue weighted by Crippen LogP contribution is 2.20. The fourth-order valence-electron chi connectivity index (χ4n) is 3.42. The summed E-state index contributed by atoms with van der Waals surface area (Å²) < 4.78 is 1.84. The molecule has 30 heavy (non-hydrogen) atoms. The fraction of sp³-hybridized carbons (Fsp3) is 0.273. The van der Waals surface area contributed by atoms with Gasteiger partial charge >= 0.3 is 0 Å². The Bertz CT molecular complexity index is 995. The van der Waals surface area contributed by atoms with Gasteiger partial charge in [0.25, 0.3) is 5.91 Å². The van der Waals surface area contributed by atoms with Crippen molar-refractivity contribution in [3.05, 3.63) is 66.9 Å². The molecule has 0 bridgehead atoms. The van der Waals surface area contributed by atoms with Gasteiger partial charge in [0.2, 0.25) is 5.91 Å². The Balaban J connectivity index is 1.33. The van der Waals surface area contributed by atoms with E-state index in [4.69, 9.17) is 0 Å². The van der Waals surface area contributed by atoms with Crippen molar-refractivity contribution in [3.63, 3.8) is 0 Å². The van der Waals surface area contributed by atoms with Crippen LogP contribution in [0.1, 0.15) is 29.6 Å². The first-order valence-corrected chi connectivity index (χ1v) is 10.1. The van der Waals surface area contributed by atoms with Crippen LogP contribution in [0.3, 0.4) is 0 Å². The molecule has 3 heterocycles. The molecule has 0 aliphatic carbocycles. The summed E-state index contributed by atoms with van der Waals surface area (Å²) in [6.07, 6.45) is 9.67. The van der Waals surface area contributed by atoms with Gasteiger partial charge in [-0.2, -0.15) is 0 Å². The van der Waals surface area contributed by atoms with E-state index in [1.165, 1.54) is 12.8 Å². The third-order valence-electron chi connectivity index (χ3n) is 5.03. The zero-order chi connectivity index (χ0) is 20.8. The number of nitrogens with one attached hydrogen (secondary N) is 2. The molecule has 3 aromatic rings. The van der Waals surface area contributed by atoms with E-state index >= 15 is 0 Å². The molecule has 0 radical (unpaired) electrons. The molecule has 1 aliphatic rings. The molecular formula is C22H24N6O2. The Morgan fingerprint density at radius 2 is 1.93 bits per heavy atom. The van der Waals surface area contributed by atoms with E-state index in [1.54, 1.807) is 43.0 Å². The molecule has 0 spiro atoms. The minimum Gasteiger partial charge on any atom is -0.370 e. The number of rotatable bonds is 7. The fourth-order valence-corrected chi connectivity index (χ4v) is 3.42. The normalized spacial score (nSPS) is 13.3. The average Bonchev–Trinajstić information content (AvgIpc) is 3.47. The number of pyridine rings is 1. The van der Waals surface area contributed by atoms with Gasteiger partial charge in [-0.1, -0.05) is 6.07 Å². The molecule has 1 saturated heterocycles. The standard InChI is InChI=1S/C22H24N6O2/c29-21(8-12-27-13-9-23-16-27)25-18-5-3-4-17(14-18)22(30)26-20-7-6-19(15-24-20)28-10-1-2-11-28/h3-7,9,13-16H,1-2,8,10-12H2,(H,25,29)(H,24,26,30). The molecule has 1 aromatic carbocycles. The monoisotopic (exact) mass is 404 g/mol. The lowest BCUT2D eigenvalue weighted by atomic mass is 10.2. The molecular weight excluding hydrogens is 380 g/mol. The number of carbonyl (C=O) groups is 2. The Labute approximate surface area is 175 Å². The quantitative estimate of drug-likeness (QED) is 0.631. The van der Waals surface area contributed by atoms with Gasteiger partial charge in [0, 0.05) is 49.7 Å². The summed E-state index contributed by atoms with van der Waals surface area (Å²) in [5.74, 6) is 0.101. The maximum Gasteiger partial charge on any atom is 0.256 e. The van der Waals surface area contributed by atoms with Crippen LogP contribution in [-0.4, -0.2) is 39.4 Å². The summed E-state index contributed by atoms with van der Waals surface area (Å²) >= 11 is 0. The Morgan fingerprint density at radius 3 is 2.67 bits per heavy atom. The van der Waals surface area contributed by atoms with E-state index in [0.29, 0.717) is 30.0 Å². The van der Waals surface area contributed by atoms with Crippen LogP contribution in [0.4, 0.5) is 17.2 Å². The summed E-state index contributed by atoms with van der Waals surface area (Å²) in [6, 6.07) is 10.6. The van der Waals surface area contributed by atoms with Gasteiger partial charge in [-0.3, -0.25) is 9.59 Å². The number of anilines is 3. The van der Waals surface area contributed by atoms with E-state index in [-0.39, 0.29) is 11.8 Å². The smallest absolute Gasteiger partial charge is 0.256 e. The molecule has 4 rings (SSSR count). The number of nitrogens with zero attached hydrogens (tertiary/aromatic N) is 4. The van der Waals surface area contributed by atoms with Crippen molar-refractivity contribution in [1.29, 1.82) is 0 Å². The number of hydrogen-bond acceptors (Lipinski definition) is 5. The zero-order valence-corrected chi connectivity index (χ0v) is 16.6. The van der Waals surface area contributed by atoms with Crippen molar-refractivity contribution in [2.24, 2.45) is 0 Å². The highest BCUT2D eigenvalue weighted by Gasteiger charge is 2.13. The summed E-state index contributed by atoms with van der Waals surface area (Å²) in [7, 11) is 0. The Kier molecular flexibility index (Phi) is 6.03. The minimum atomic E-state index is -0.272. The van der Waals surface area contributed by atoms with Gasteiger partial charge in [-0.15, -0.1) is 0 Å². The lowest BCUT2D eigenvalue weighted by Crippen LogP contribution is -2.18. The van der Waals surface area contributed by atoms with Gasteiger partial charge < -0.3 is 20.1 Å². The first-order chi connectivity index (χ1) is 14.7. The number of carbonyl (C=O) groups excluding carboxylic acids is 2. The number of amides is 2. The third kappa shape index (κ3) is 5.02. The summed E-state index contributed by atoms with van der Waals surface area (Å²) in [6.45, 7) is 2.65. The SMILES string of the molecule is O=C(CCn1ccnc1)Nc1cccc(C(=O)Nc2ccc(N3CCCC3)cn2)c1. The van der Waals surface area contributed by atoms with Crippen LogP contribution in [0.25, 0.3) is 0 Å². The van der Waals surface area contributed by atoms with Gasteiger partial charge in [0.15, 0.2) is 0 Å². The van der Waals surface area contributed by atoms with Gasteiger partial charge in [-0.25, -0.2) is 9.97 Å². The lowest BCUT2D eigenvalue weighted by molar-refractivity contribution is -0.116. The predicted molar refractivity (Wildman–Crippen MR) is 116 cm³/mol. The third-order valence-corrected chi connectivity index (χ3v) is 5.03. The number of hydrogen-bond donors (Lipinski definition) is 2. The molecule has 1 aliphatic heterocycles. The van der Waals surface area contributed by atoms with Crippen LogP contribution < -0.4 is 15.5 Å². The second-order valence-corrected chi connectivity index (χ2v) is 7.23.